The van der Waals surface area contributed by atoms with Gasteiger partial charge in [0, 0.05) is 0 Å². The Bertz CT molecular complexity index is 328. The molecule has 1 aliphatic rings. The van der Waals surface area contributed by atoms with Gasteiger partial charge in [0.25, 0.3) is 0 Å². The lowest BCUT2D eigenvalue weighted by molar-refractivity contribution is 0.225. The van der Waals surface area contributed by atoms with Crippen molar-refractivity contribution in [2.75, 3.05) is 0 Å². The molecule has 2 nitrogen and oxygen atoms in total. The summed E-state index contributed by atoms with van der Waals surface area (Å²) in [5.41, 5.74) is 6.28. The van der Waals surface area contributed by atoms with Crippen LogP contribution < -0.4 is 5.73 Å². The Hall–Kier alpha value is -0.280. The van der Waals surface area contributed by atoms with Crippen molar-refractivity contribution in [3.05, 3.63) is 22.6 Å². The monoisotopic (exact) mass is 285 g/mol. The fourth-order valence-electron chi connectivity index (χ4n) is 2.71. The van der Waals surface area contributed by atoms with Crippen molar-refractivity contribution in [1.82, 2.24) is 0 Å². The SMILES string of the molecule is CCC1CCC(C(N)c2occc2Br)CC1. The van der Waals surface area contributed by atoms with E-state index in [1.807, 2.05) is 6.07 Å². The predicted molar refractivity (Wildman–Crippen MR) is 69.1 cm³/mol. The average molecular weight is 286 g/mol. The third-order valence-electron chi connectivity index (χ3n) is 3.92. The van der Waals surface area contributed by atoms with E-state index < -0.39 is 0 Å². The number of hydrogen-bond acceptors (Lipinski definition) is 2. The van der Waals surface area contributed by atoms with E-state index >= 15 is 0 Å². The normalized spacial score (nSPS) is 27.9. The zero-order valence-electron chi connectivity index (χ0n) is 9.79. The molecule has 0 amide bonds. The Morgan fingerprint density at radius 2 is 2.12 bits per heavy atom. The van der Waals surface area contributed by atoms with Crippen LogP contribution in [0.15, 0.2) is 21.2 Å². The van der Waals surface area contributed by atoms with Crippen LogP contribution in [0.5, 0.6) is 0 Å². The van der Waals surface area contributed by atoms with Gasteiger partial charge in [0.05, 0.1) is 16.8 Å². The van der Waals surface area contributed by atoms with E-state index in [-0.39, 0.29) is 6.04 Å². The van der Waals surface area contributed by atoms with E-state index in [0.717, 1.165) is 16.2 Å². The highest BCUT2D eigenvalue weighted by molar-refractivity contribution is 9.10. The number of rotatable bonds is 3. The first-order valence-electron chi connectivity index (χ1n) is 6.20. The molecular formula is C13H20BrNO. The van der Waals surface area contributed by atoms with Crippen molar-refractivity contribution in [3.8, 4) is 0 Å². The topological polar surface area (TPSA) is 39.2 Å². The molecule has 16 heavy (non-hydrogen) atoms. The van der Waals surface area contributed by atoms with E-state index in [1.54, 1.807) is 6.26 Å². The van der Waals surface area contributed by atoms with Crippen LogP contribution in [0.2, 0.25) is 0 Å². The fourth-order valence-corrected chi connectivity index (χ4v) is 3.18. The summed E-state index contributed by atoms with van der Waals surface area (Å²) in [6.45, 7) is 2.29. The molecule has 1 unspecified atom stereocenters. The molecule has 2 N–H and O–H groups in total. The van der Waals surface area contributed by atoms with Crippen molar-refractivity contribution in [2.45, 2.75) is 45.1 Å². The van der Waals surface area contributed by atoms with E-state index in [9.17, 15) is 0 Å². The van der Waals surface area contributed by atoms with Gasteiger partial charge < -0.3 is 10.2 Å². The minimum absolute atomic E-state index is 0.0576. The van der Waals surface area contributed by atoms with Gasteiger partial charge >= 0.3 is 0 Å². The highest BCUT2D eigenvalue weighted by Crippen LogP contribution is 2.38. The molecule has 0 aromatic carbocycles. The Kier molecular flexibility index (Phi) is 4.09. The summed E-state index contributed by atoms with van der Waals surface area (Å²) in [5, 5.41) is 0. The summed E-state index contributed by atoms with van der Waals surface area (Å²) in [4.78, 5) is 0. The molecule has 3 heteroatoms. The van der Waals surface area contributed by atoms with E-state index in [4.69, 9.17) is 10.2 Å². The fraction of sp³-hybridized carbons (Fsp3) is 0.692. The Balaban J connectivity index is 1.97. The maximum Gasteiger partial charge on any atom is 0.134 e. The zero-order valence-corrected chi connectivity index (χ0v) is 11.4. The van der Waals surface area contributed by atoms with Crippen LogP contribution in [0.3, 0.4) is 0 Å². The van der Waals surface area contributed by atoms with Crippen LogP contribution in [0.25, 0.3) is 0 Å². The maximum absolute atomic E-state index is 6.28. The van der Waals surface area contributed by atoms with E-state index in [1.165, 1.54) is 32.1 Å². The van der Waals surface area contributed by atoms with Gasteiger partial charge in [0.2, 0.25) is 0 Å². The summed E-state index contributed by atoms with van der Waals surface area (Å²) in [7, 11) is 0. The quantitative estimate of drug-likeness (QED) is 0.901. The smallest absolute Gasteiger partial charge is 0.134 e. The molecule has 90 valence electrons. The minimum atomic E-state index is 0.0576. The van der Waals surface area contributed by atoms with Gasteiger partial charge in [-0.15, -0.1) is 0 Å². The van der Waals surface area contributed by atoms with Crippen LogP contribution in [0.4, 0.5) is 0 Å². The Morgan fingerprint density at radius 1 is 1.44 bits per heavy atom. The van der Waals surface area contributed by atoms with Gasteiger partial charge in [-0.1, -0.05) is 26.2 Å². The second kappa shape index (κ2) is 5.37. The first-order valence-corrected chi connectivity index (χ1v) is 7.00. The first kappa shape index (κ1) is 12.2. The molecule has 0 bridgehead atoms. The molecular weight excluding hydrogens is 266 g/mol. The molecule has 0 spiro atoms. The molecule has 0 radical (unpaired) electrons. The van der Waals surface area contributed by atoms with Crippen molar-refractivity contribution in [3.63, 3.8) is 0 Å². The highest BCUT2D eigenvalue weighted by atomic mass is 79.9. The van der Waals surface area contributed by atoms with Crippen molar-refractivity contribution >= 4 is 15.9 Å². The molecule has 1 heterocycles. The van der Waals surface area contributed by atoms with Gasteiger partial charge in [-0.25, -0.2) is 0 Å². The molecule has 0 saturated heterocycles. The Morgan fingerprint density at radius 3 is 2.62 bits per heavy atom. The van der Waals surface area contributed by atoms with Gasteiger partial charge in [-0.3, -0.25) is 0 Å². The molecule has 1 fully saturated rings. The first-order chi connectivity index (χ1) is 7.72. The summed E-state index contributed by atoms with van der Waals surface area (Å²) in [5.74, 6) is 2.42. The molecule has 2 rings (SSSR count). The lowest BCUT2D eigenvalue weighted by atomic mass is 9.77. The summed E-state index contributed by atoms with van der Waals surface area (Å²) in [6.07, 6.45) is 8.16. The van der Waals surface area contributed by atoms with Crippen LogP contribution in [-0.4, -0.2) is 0 Å². The molecule has 1 aromatic rings. The minimum Gasteiger partial charge on any atom is -0.466 e. The van der Waals surface area contributed by atoms with Gasteiger partial charge in [0.1, 0.15) is 5.76 Å². The predicted octanol–water partition coefficient (Wildman–Crippen LogP) is 4.26. The van der Waals surface area contributed by atoms with Gasteiger partial charge in [-0.2, -0.15) is 0 Å². The van der Waals surface area contributed by atoms with E-state index in [0.29, 0.717) is 5.92 Å². The third kappa shape index (κ3) is 2.51. The van der Waals surface area contributed by atoms with Crippen molar-refractivity contribution < 1.29 is 4.42 Å². The summed E-state index contributed by atoms with van der Waals surface area (Å²) in [6, 6.07) is 1.98. The standard InChI is InChI=1S/C13H20BrNO/c1-2-9-3-5-10(6-4-9)12(15)13-11(14)7-8-16-13/h7-10,12H,2-6,15H2,1H3. The summed E-state index contributed by atoms with van der Waals surface area (Å²) >= 11 is 3.49. The highest BCUT2D eigenvalue weighted by Gasteiger charge is 2.28. The van der Waals surface area contributed by atoms with Crippen molar-refractivity contribution in [2.24, 2.45) is 17.6 Å². The lowest BCUT2D eigenvalue weighted by Gasteiger charge is -2.30. The molecule has 1 saturated carbocycles. The van der Waals surface area contributed by atoms with Crippen LogP contribution in [0, 0.1) is 11.8 Å². The maximum atomic E-state index is 6.28. The van der Waals surface area contributed by atoms with Gasteiger partial charge in [-0.05, 0) is 46.7 Å². The van der Waals surface area contributed by atoms with E-state index in [2.05, 4.69) is 22.9 Å². The Labute approximate surface area is 106 Å². The average Bonchev–Trinajstić information content (AvgIpc) is 2.75. The number of furan rings is 1. The van der Waals surface area contributed by atoms with Gasteiger partial charge in [0.15, 0.2) is 0 Å². The van der Waals surface area contributed by atoms with Crippen LogP contribution in [0.1, 0.15) is 50.8 Å². The third-order valence-corrected chi connectivity index (χ3v) is 4.58. The zero-order chi connectivity index (χ0) is 11.5. The lowest BCUT2D eigenvalue weighted by Crippen LogP contribution is -2.25. The molecule has 1 aromatic heterocycles. The molecule has 0 aliphatic heterocycles. The second-order valence-corrected chi connectivity index (χ2v) is 5.70. The van der Waals surface area contributed by atoms with Crippen LogP contribution >= 0.6 is 15.9 Å². The summed E-state index contributed by atoms with van der Waals surface area (Å²) < 4.78 is 6.47. The number of nitrogens with two attached hydrogens (primary N) is 1. The number of halogens is 1. The van der Waals surface area contributed by atoms with Crippen molar-refractivity contribution in [1.29, 1.82) is 0 Å². The molecule has 1 atom stereocenters. The van der Waals surface area contributed by atoms with Crippen LogP contribution in [-0.2, 0) is 0 Å². The second-order valence-electron chi connectivity index (χ2n) is 4.85. The molecule has 1 aliphatic carbocycles. The number of hydrogen-bond donors (Lipinski definition) is 1. The largest absolute Gasteiger partial charge is 0.466 e.